The number of hydrogen-bond donors (Lipinski definition) is 2. The third kappa shape index (κ3) is 3.46. The molecule has 1 saturated carbocycles. The van der Waals surface area contributed by atoms with Crippen molar-refractivity contribution in [2.75, 3.05) is 0 Å². The van der Waals surface area contributed by atoms with Gasteiger partial charge in [-0.2, -0.15) is 13.2 Å². The van der Waals surface area contributed by atoms with Crippen molar-refractivity contribution >= 4 is 5.84 Å². The van der Waals surface area contributed by atoms with Crippen LogP contribution in [0.2, 0.25) is 0 Å². The molecule has 3 N–H and O–H groups in total. The number of amidine groups is 1. The van der Waals surface area contributed by atoms with Crippen molar-refractivity contribution in [3.63, 3.8) is 0 Å². The summed E-state index contributed by atoms with van der Waals surface area (Å²) < 4.78 is 37.1. The summed E-state index contributed by atoms with van der Waals surface area (Å²) in [6.07, 6.45) is -1.77. The van der Waals surface area contributed by atoms with Gasteiger partial charge >= 0.3 is 6.18 Å². The molecule has 0 spiro atoms. The quantitative estimate of drug-likeness (QED) is 0.378. The highest BCUT2D eigenvalue weighted by atomic mass is 19.4. The van der Waals surface area contributed by atoms with E-state index in [1.807, 2.05) is 0 Å². The van der Waals surface area contributed by atoms with Gasteiger partial charge in [0, 0.05) is 6.42 Å². The zero-order chi connectivity index (χ0) is 13.2. The number of nitrogens with one attached hydrogen (secondary N) is 1. The van der Waals surface area contributed by atoms with Gasteiger partial charge < -0.3 is 5.43 Å². The van der Waals surface area contributed by atoms with Crippen molar-refractivity contribution in [2.24, 2.45) is 10.8 Å². The molecular formula is C12H14F3N3. The number of rotatable bonds is 3. The van der Waals surface area contributed by atoms with Crippen LogP contribution in [0.3, 0.4) is 0 Å². The van der Waals surface area contributed by atoms with E-state index in [1.165, 1.54) is 12.1 Å². The molecule has 0 heterocycles. The molecule has 1 aliphatic carbocycles. The largest absolute Gasteiger partial charge is 0.416 e. The Hall–Kier alpha value is -1.56. The van der Waals surface area contributed by atoms with Gasteiger partial charge in [0.2, 0.25) is 0 Å². The van der Waals surface area contributed by atoms with Crippen LogP contribution in [0.15, 0.2) is 29.3 Å². The monoisotopic (exact) mass is 257 g/mol. The third-order valence-electron chi connectivity index (χ3n) is 2.70. The van der Waals surface area contributed by atoms with Gasteiger partial charge in [-0.3, -0.25) is 4.99 Å². The Bertz CT molecular complexity index is 433. The van der Waals surface area contributed by atoms with Crippen molar-refractivity contribution < 1.29 is 13.2 Å². The van der Waals surface area contributed by atoms with Crippen LogP contribution >= 0.6 is 0 Å². The van der Waals surface area contributed by atoms with E-state index in [2.05, 4.69) is 10.4 Å². The first-order valence-electron chi connectivity index (χ1n) is 5.68. The minimum Gasteiger partial charge on any atom is -0.312 e. The number of hydrogen-bond acceptors (Lipinski definition) is 2. The number of hydrazine groups is 1. The van der Waals surface area contributed by atoms with Crippen molar-refractivity contribution in [1.29, 1.82) is 0 Å². The van der Waals surface area contributed by atoms with Crippen molar-refractivity contribution in [3.8, 4) is 0 Å². The molecule has 0 atom stereocenters. The third-order valence-corrected chi connectivity index (χ3v) is 2.70. The smallest absolute Gasteiger partial charge is 0.312 e. The van der Waals surface area contributed by atoms with Gasteiger partial charge in [-0.1, -0.05) is 12.1 Å². The van der Waals surface area contributed by atoms with Crippen LogP contribution in [-0.4, -0.2) is 11.9 Å². The van der Waals surface area contributed by atoms with E-state index in [0.717, 1.165) is 30.5 Å². The van der Waals surface area contributed by atoms with E-state index in [4.69, 9.17) is 5.84 Å². The zero-order valence-corrected chi connectivity index (χ0v) is 9.67. The van der Waals surface area contributed by atoms with Crippen LogP contribution in [0.4, 0.5) is 13.2 Å². The minimum absolute atomic E-state index is 0.325. The Morgan fingerprint density at radius 3 is 2.33 bits per heavy atom. The number of nitrogens with two attached hydrogens (primary N) is 1. The maximum absolute atomic E-state index is 12.4. The molecule has 6 heteroatoms. The second-order valence-corrected chi connectivity index (χ2v) is 4.32. The van der Waals surface area contributed by atoms with E-state index in [1.54, 1.807) is 0 Å². The second-order valence-electron chi connectivity index (χ2n) is 4.32. The minimum atomic E-state index is -4.30. The van der Waals surface area contributed by atoms with Crippen LogP contribution in [0.25, 0.3) is 0 Å². The van der Waals surface area contributed by atoms with Crippen LogP contribution in [0.1, 0.15) is 24.0 Å². The predicted molar refractivity (Wildman–Crippen MR) is 62.9 cm³/mol. The summed E-state index contributed by atoms with van der Waals surface area (Å²) in [6, 6.07) is 5.36. The molecule has 0 aromatic heterocycles. The van der Waals surface area contributed by atoms with E-state index in [-0.39, 0.29) is 0 Å². The highest BCUT2D eigenvalue weighted by molar-refractivity contribution is 5.84. The number of halogens is 3. The highest BCUT2D eigenvalue weighted by Gasteiger charge is 2.30. The molecule has 2 rings (SSSR count). The second kappa shape index (κ2) is 4.97. The summed E-state index contributed by atoms with van der Waals surface area (Å²) in [5.74, 6) is 5.94. The fourth-order valence-electron chi connectivity index (χ4n) is 1.56. The summed E-state index contributed by atoms with van der Waals surface area (Å²) >= 11 is 0. The summed E-state index contributed by atoms with van der Waals surface area (Å²) in [7, 11) is 0. The fourth-order valence-corrected chi connectivity index (χ4v) is 1.56. The number of nitrogens with zero attached hydrogens (tertiary/aromatic N) is 1. The van der Waals surface area contributed by atoms with Crippen LogP contribution in [0.5, 0.6) is 0 Å². The average Bonchev–Trinajstić information content (AvgIpc) is 3.11. The number of aliphatic imine (C=N–C) groups is 1. The lowest BCUT2D eigenvalue weighted by Crippen LogP contribution is -2.32. The molecule has 1 aromatic carbocycles. The molecule has 18 heavy (non-hydrogen) atoms. The summed E-state index contributed by atoms with van der Waals surface area (Å²) in [6.45, 7) is 0. The molecule has 0 amide bonds. The van der Waals surface area contributed by atoms with Gasteiger partial charge in [0.15, 0.2) is 0 Å². The number of benzene rings is 1. The molecule has 1 aliphatic rings. The molecule has 0 saturated heterocycles. The van der Waals surface area contributed by atoms with Crippen molar-refractivity contribution in [2.45, 2.75) is 31.5 Å². The first kappa shape index (κ1) is 12.9. The molecule has 0 unspecified atom stereocenters. The van der Waals surface area contributed by atoms with E-state index < -0.39 is 11.7 Å². The topological polar surface area (TPSA) is 50.4 Å². The average molecular weight is 257 g/mol. The molecule has 0 radical (unpaired) electrons. The van der Waals surface area contributed by atoms with Crippen LogP contribution in [-0.2, 0) is 12.6 Å². The van der Waals surface area contributed by atoms with Gasteiger partial charge in [0.05, 0.1) is 11.6 Å². The molecule has 1 aromatic rings. The van der Waals surface area contributed by atoms with Gasteiger partial charge in [-0.15, -0.1) is 0 Å². The van der Waals surface area contributed by atoms with Crippen molar-refractivity contribution in [3.05, 3.63) is 35.4 Å². The first-order chi connectivity index (χ1) is 8.49. The van der Waals surface area contributed by atoms with E-state index >= 15 is 0 Å². The molecule has 3 nitrogen and oxygen atoms in total. The lowest BCUT2D eigenvalue weighted by molar-refractivity contribution is -0.137. The highest BCUT2D eigenvalue weighted by Crippen LogP contribution is 2.29. The Morgan fingerprint density at radius 2 is 1.89 bits per heavy atom. The van der Waals surface area contributed by atoms with E-state index in [9.17, 15) is 13.2 Å². The predicted octanol–water partition coefficient (Wildman–Crippen LogP) is 2.27. The van der Waals surface area contributed by atoms with E-state index in [0.29, 0.717) is 18.3 Å². The lowest BCUT2D eigenvalue weighted by atomic mass is 10.1. The molecule has 1 fully saturated rings. The van der Waals surface area contributed by atoms with Gasteiger partial charge in [-0.05, 0) is 30.5 Å². The Morgan fingerprint density at radius 1 is 1.28 bits per heavy atom. The van der Waals surface area contributed by atoms with Gasteiger partial charge in [0.1, 0.15) is 5.84 Å². The standard InChI is InChI=1S/C12H14F3N3/c13-12(14,15)9-3-1-8(2-4-9)7-11(18-16)17-10-5-6-10/h1-4,10H,5-7,16H2,(H,17,18). The number of alkyl halides is 3. The maximum Gasteiger partial charge on any atom is 0.416 e. The lowest BCUT2D eigenvalue weighted by Gasteiger charge is -2.09. The molecular weight excluding hydrogens is 243 g/mol. The SMILES string of the molecule is NNC(Cc1ccc(C(F)(F)F)cc1)=NC1CC1. The Labute approximate surface area is 103 Å². The zero-order valence-electron chi connectivity index (χ0n) is 9.67. The summed E-state index contributed by atoms with van der Waals surface area (Å²) in [5, 5.41) is 0. The summed E-state index contributed by atoms with van der Waals surface area (Å²) in [5.41, 5.74) is 2.60. The Balaban J connectivity index is 2.05. The molecule has 0 bridgehead atoms. The van der Waals surface area contributed by atoms with Crippen molar-refractivity contribution in [1.82, 2.24) is 5.43 Å². The van der Waals surface area contributed by atoms with Crippen LogP contribution < -0.4 is 11.3 Å². The maximum atomic E-state index is 12.4. The molecule has 0 aliphatic heterocycles. The van der Waals surface area contributed by atoms with Crippen LogP contribution in [0, 0.1) is 0 Å². The molecule has 98 valence electrons. The first-order valence-corrected chi connectivity index (χ1v) is 5.68. The Kier molecular flexibility index (Phi) is 3.56. The summed E-state index contributed by atoms with van der Waals surface area (Å²) in [4.78, 5) is 4.33. The van der Waals surface area contributed by atoms with Gasteiger partial charge in [-0.25, -0.2) is 5.84 Å². The fraction of sp³-hybridized carbons (Fsp3) is 0.417. The normalized spacial score (nSPS) is 16.8. The van der Waals surface area contributed by atoms with Gasteiger partial charge in [0.25, 0.3) is 0 Å².